The Bertz CT molecular complexity index is 411. The highest BCUT2D eigenvalue weighted by Crippen LogP contribution is 2.15. The molecule has 1 amide bonds. The minimum absolute atomic E-state index is 0.274. The van der Waals surface area contributed by atoms with Gasteiger partial charge in [-0.3, -0.25) is 4.79 Å². The first-order valence-corrected chi connectivity index (χ1v) is 4.92. The molecule has 0 aliphatic heterocycles. The van der Waals surface area contributed by atoms with Gasteiger partial charge >= 0.3 is 5.97 Å². The average molecular weight is 226 g/mol. The molecule has 1 aromatic heterocycles. The molecule has 16 heavy (non-hydrogen) atoms. The van der Waals surface area contributed by atoms with Crippen LogP contribution in [0.5, 0.6) is 0 Å². The second-order valence-corrected chi connectivity index (χ2v) is 3.36. The Morgan fingerprint density at radius 2 is 2.19 bits per heavy atom. The predicted molar refractivity (Wildman–Crippen MR) is 54.7 cm³/mol. The molecule has 0 aliphatic carbocycles. The van der Waals surface area contributed by atoms with Crippen molar-refractivity contribution in [3.05, 3.63) is 17.0 Å². The van der Waals surface area contributed by atoms with Gasteiger partial charge in [0.1, 0.15) is 11.3 Å². The van der Waals surface area contributed by atoms with E-state index < -0.39 is 18.0 Å². The van der Waals surface area contributed by atoms with Gasteiger partial charge in [0.25, 0.3) is 5.91 Å². The van der Waals surface area contributed by atoms with Gasteiger partial charge in [-0.05, 0) is 20.3 Å². The summed E-state index contributed by atoms with van der Waals surface area (Å²) in [6, 6.07) is 0. The summed E-state index contributed by atoms with van der Waals surface area (Å²) in [4.78, 5) is 22.4. The quantitative estimate of drug-likeness (QED) is 0.757. The van der Waals surface area contributed by atoms with E-state index in [4.69, 9.17) is 15.0 Å². The Morgan fingerprint density at radius 3 is 2.69 bits per heavy atom. The monoisotopic (exact) mass is 226 g/mol. The van der Waals surface area contributed by atoms with Crippen LogP contribution in [0.4, 0.5) is 0 Å². The van der Waals surface area contributed by atoms with Crippen LogP contribution < -0.4 is 5.73 Å². The summed E-state index contributed by atoms with van der Waals surface area (Å²) in [6.07, 6.45) is -0.418. The Morgan fingerprint density at radius 1 is 1.56 bits per heavy atom. The van der Waals surface area contributed by atoms with Crippen molar-refractivity contribution >= 4 is 11.9 Å². The summed E-state index contributed by atoms with van der Waals surface area (Å²) in [6.45, 7) is 4.86. The third-order valence-electron chi connectivity index (χ3n) is 2.16. The highest BCUT2D eigenvalue weighted by molar-refractivity contribution is 5.93. The van der Waals surface area contributed by atoms with Crippen LogP contribution in [0.15, 0.2) is 4.52 Å². The van der Waals surface area contributed by atoms with Crippen molar-refractivity contribution in [3.63, 3.8) is 0 Å². The van der Waals surface area contributed by atoms with Gasteiger partial charge in [-0.2, -0.15) is 0 Å². The number of hydrogen-bond donors (Lipinski definition) is 1. The highest BCUT2D eigenvalue weighted by Gasteiger charge is 2.23. The van der Waals surface area contributed by atoms with E-state index in [9.17, 15) is 9.59 Å². The number of rotatable bonds is 4. The van der Waals surface area contributed by atoms with Crippen molar-refractivity contribution in [2.45, 2.75) is 33.3 Å². The van der Waals surface area contributed by atoms with Gasteiger partial charge in [0.2, 0.25) is 0 Å². The van der Waals surface area contributed by atoms with Gasteiger partial charge < -0.3 is 15.0 Å². The van der Waals surface area contributed by atoms with E-state index in [0.717, 1.165) is 0 Å². The molecule has 2 N–H and O–H groups in total. The van der Waals surface area contributed by atoms with Crippen LogP contribution >= 0.6 is 0 Å². The number of carbonyl (C=O) groups is 2. The van der Waals surface area contributed by atoms with Gasteiger partial charge in [0.05, 0.1) is 5.69 Å². The van der Waals surface area contributed by atoms with Crippen LogP contribution in [0.25, 0.3) is 0 Å². The van der Waals surface area contributed by atoms with Crippen molar-refractivity contribution < 1.29 is 18.8 Å². The number of carbonyl (C=O) groups excluding carboxylic acids is 2. The molecule has 6 heteroatoms. The zero-order valence-corrected chi connectivity index (χ0v) is 9.44. The van der Waals surface area contributed by atoms with Gasteiger partial charge in [-0.25, -0.2) is 4.79 Å². The number of nitrogens with zero attached hydrogens (tertiary/aromatic N) is 1. The molecule has 1 aromatic rings. The van der Waals surface area contributed by atoms with Crippen LogP contribution in [0, 0.1) is 6.92 Å². The molecule has 0 radical (unpaired) electrons. The number of primary amides is 1. The summed E-state index contributed by atoms with van der Waals surface area (Å²) in [5.41, 5.74) is 5.78. The fraction of sp³-hybridized carbons (Fsp3) is 0.500. The molecule has 0 spiro atoms. The van der Waals surface area contributed by atoms with Crippen molar-refractivity contribution in [3.8, 4) is 0 Å². The van der Waals surface area contributed by atoms with Crippen LogP contribution in [0.3, 0.4) is 0 Å². The second-order valence-electron chi connectivity index (χ2n) is 3.36. The molecule has 0 saturated heterocycles. The first-order valence-electron chi connectivity index (χ1n) is 4.92. The number of esters is 1. The SMILES string of the molecule is CCc1noc(C)c1C(=O)O[C@H](C)C(N)=O. The van der Waals surface area contributed by atoms with Crippen molar-refractivity contribution in [2.75, 3.05) is 0 Å². The Labute approximate surface area is 92.7 Å². The standard InChI is InChI=1S/C10H14N2O4/c1-4-7-8(5(2)16-12-7)10(14)15-6(3)9(11)13/h6H,4H2,1-3H3,(H2,11,13)/t6-/m1/s1. The van der Waals surface area contributed by atoms with Crippen molar-refractivity contribution in [1.82, 2.24) is 5.16 Å². The van der Waals surface area contributed by atoms with Crippen molar-refractivity contribution in [2.24, 2.45) is 5.73 Å². The topological polar surface area (TPSA) is 95.4 Å². The zero-order chi connectivity index (χ0) is 12.3. The number of hydrogen-bond acceptors (Lipinski definition) is 5. The van der Waals surface area contributed by atoms with E-state index in [-0.39, 0.29) is 5.56 Å². The second kappa shape index (κ2) is 4.78. The molecule has 0 unspecified atom stereocenters. The van der Waals surface area contributed by atoms with Gasteiger partial charge in [0.15, 0.2) is 6.10 Å². The molecule has 1 heterocycles. The lowest BCUT2D eigenvalue weighted by atomic mass is 10.1. The number of nitrogens with two attached hydrogens (primary N) is 1. The highest BCUT2D eigenvalue weighted by atomic mass is 16.5. The van der Waals surface area contributed by atoms with E-state index in [2.05, 4.69) is 5.16 Å². The lowest BCUT2D eigenvalue weighted by Gasteiger charge is -2.08. The molecule has 0 fully saturated rings. The smallest absolute Gasteiger partial charge is 0.344 e. The van der Waals surface area contributed by atoms with Crippen LogP contribution in [-0.4, -0.2) is 23.1 Å². The Balaban J connectivity index is 2.88. The van der Waals surface area contributed by atoms with Gasteiger partial charge in [0, 0.05) is 0 Å². The fourth-order valence-electron chi connectivity index (χ4n) is 1.20. The number of aryl methyl sites for hydroxylation is 2. The lowest BCUT2D eigenvalue weighted by molar-refractivity contribution is -0.125. The van der Waals surface area contributed by atoms with E-state index in [0.29, 0.717) is 17.9 Å². The molecule has 0 saturated carbocycles. The minimum atomic E-state index is -0.966. The molecule has 0 aromatic carbocycles. The molecular formula is C10H14N2O4. The molecule has 0 bridgehead atoms. The maximum atomic E-state index is 11.7. The number of amides is 1. The summed E-state index contributed by atoms with van der Waals surface area (Å²) >= 11 is 0. The normalized spacial score (nSPS) is 12.2. The molecular weight excluding hydrogens is 212 g/mol. The summed E-state index contributed by atoms with van der Waals surface area (Å²) in [5.74, 6) is -0.957. The van der Waals surface area contributed by atoms with Crippen LogP contribution in [-0.2, 0) is 16.0 Å². The third kappa shape index (κ3) is 2.39. The lowest BCUT2D eigenvalue weighted by Crippen LogP contribution is -2.30. The number of ether oxygens (including phenoxy) is 1. The van der Waals surface area contributed by atoms with E-state index >= 15 is 0 Å². The summed E-state index contributed by atoms with van der Waals surface area (Å²) in [5, 5.41) is 3.72. The molecule has 1 rings (SSSR count). The van der Waals surface area contributed by atoms with Gasteiger partial charge in [-0.1, -0.05) is 12.1 Å². The Kier molecular flexibility index (Phi) is 3.65. The number of aromatic nitrogens is 1. The average Bonchev–Trinajstić information content (AvgIpc) is 2.59. The zero-order valence-electron chi connectivity index (χ0n) is 9.44. The summed E-state index contributed by atoms with van der Waals surface area (Å²) in [7, 11) is 0. The first-order chi connectivity index (χ1) is 7.47. The van der Waals surface area contributed by atoms with E-state index in [1.165, 1.54) is 6.92 Å². The predicted octanol–water partition coefficient (Wildman–Crippen LogP) is 0.576. The maximum absolute atomic E-state index is 11.7. The van der Waals surface area contributed by atoms with E-state index in [1.807, 2.05) is 6.92 Å². The van der Waals surface area contributed by atoms with Crippen LogP contribution in [0.2, 0.25) is 0 Å². The van der Waals surface area contributed by atoms with Crippen LogP contribution in [0.1, 0.15) is 35.7 Å². The third-order valence-corrected chi connectivity index (χ3v) is 2.16. The van der Waals surface area contributed by atoms with E-state index in [1.54, 1.807) is 6.92 Å². The molecule has 1 atom stereocenters. The van der Waals surface area contributed by atoms with Gasteiger partial charge in [-0.15, -0.1) is 0 Å². The van der Waals surface area contributed by atoms with Crippen molar-refractivity contribution in [1.29, 1.82) is 0 Å². The first kappa shape index (κ1) is 12.2. The molecule has 6 nitrogen and oxygen atoms in total. The fourth-order valence-corrected chi connectivity index (χ4v) is 1.20. The molecule has 88 valence electrons. The largest absolute Gasteiger partial charge is 0.449 e. The Hall–Kier alpha value is -1.85. The summed E-state index contributed by atoms with van der Waals surface area (Å²) < 4.78 is 9.75. The molecule has 0 aliphatic rings. The minimum Gasteiger partial charge on any atom is -0.449 e. The maximum Gasteiger partial charge on any atom is 0.344 e.